The van der Waals surface area contributed by atoms with Crippen LogP contribution in [0.1, 0.15) is 19.8 Å². The maximum absolute atomic E-state index is 9.25. The highest BCUT2D eigenvalue weighted by molar-refractivity contribution is 4.81. The monoisotopic (exact) mass is 420 g/mol. The Balaban J connectivity index is -0.000000359. The van der Waals surface area contributed by atoms with E-state index >= 15 is 0 Å². The van der Waals surface area contributed by atoms with Gasteiger partial charge >= 0.3 is 0 Å². The van der Waals surface area contributed by atoms with E-state index in [0.29, 0.717) is 25.9 Å². The minimum absolute atomic E-state index is 0.139. The largest absolute Gasteiger partial charge is 0.395 e. The Bertz CT molecular complexity index is 299. The van der Waals surface area contributed by atoms with Gasteiger partial charge in [-0.15, -0.1) is 0 Å². The number of nitrogens with one attached hydrogen (secondary N) is 1. The van der Waals surface area contributed by atoms with Gasteiger partial charge in [-0.3, -0.25) is 0 Å². The van der Waals surface area contributed by atoms with E-state index in [4.69, 9.17) is 46.6 Å². The van der Waals surface area contributed by atoms with Crippen LogP contribution in [0.15, 0.2) is 0 Å². The first-order valence-corrected chi connectivity index (χ1v) is 9.01. The molecule has 174 valence electrons. The number of nitrogens with two attached hydrogens (primary N) is 1. The van der Waals surface area contributed by atoms with Gasteiger partial charge in [0.05, 0.1) is 51.3 Å². The zero-order valence-corrected chi connectivity index (χ0v) is 16.4. The molecular weight excluding hydrogens is 380 g/mol. The second-order valence-electron chi connectivity index (χ2n) is 6.12. The SMILES string of the molecule is CCC[C@H](O)[C@@H](O)[C@H](O)[C@H](O)CO.NC(CO)(CO)CO.OCCNCCO. The molecule has 0 rings (SSSR count). The third kappa shape index (κ3) is 17.6. The number of aliphatic hydroxyl groups is 10. The number of hydrogen-bond acceptors (Lipinski definition) is 12. The smallest absolute Gasteiger partial charge is 0.110 e. The molecule has 12 heteroatoms. The Morgan fingerprint density at radius 2 is 1.14 bits per heavy atom. The normalized spacial score (nSPS) is 15.4. The number of aliphatic hydroxyl groups excluding tert-OH is 10. The van der Waals surface area contributed by atoms with Crippen molar-refractivity contribution in [1.29, 1.82) is 0 Å². The summed E-state index contributed by atoms with van der Waals surface area (Å²) in [4.78, 5) is 0. The molecule has 0 heterocycles. The van der Waals surface area contributed by atoms with Crippen LogP contribution in [-0.4, -0.2) is 134 Å². The average Bonchev–Trinajstić information content (AvgIpc) is 2.72. The molecule has 0 aliphatic carbocycles. The average molecular weight is 421 g/mol. The van der Waals surface area contributed by atoms with E-state index in [0.717, 1.165) is 0 Å². The van der Waals surface area contributed by atoms with Crippen molar-refractivity contribution >= 4 is 0 Å². The Labute approximate surface area is 165 Å². The molecule has 0 unspecified atom stereocenters. The van der Waals surface area contributed by atoms with E-state index in [2.05, 4.69) is 5.32 Å². The van der Waals surface area contributed by atoms with Crippen LogP contribution in [-0.2, 0) is 0 Å². The van der Waals surface area contributed by atoms with Crippen LogP contribution in [0, 0.1) is 0 Å². The lowest BCUT2D eigenvalue weighted by Gasteiger charge is -2.25. The lowest BCUT2D eigenvalue weighted by molar-refractivity contribution is -0.116. The molecule has 0 fully saturated rings. The molecule has 28 heavy (non-hydrogen) atoms. The molecule has 0 aliphatic heterocycles. The first-order chi connectivity index (χ1) is 13.1. The summed E-state index contributed by atoms with van der Waals surface area (Å²) in [6, 6.07) is 0. The molecule has 0 amide bonds. The highest BCUT2D eigenvalue weighted by Crippen LogP contribution is 2.09. The predicted octanol–water partition coefficient (Wildman–Crippen LogP) is -5.56. The van der Waals surface area contributed by atoms with Crippen molar-refractivity contribution in [2.45, 2.75) is 49.7 Å². The van der Waals surface area contributed by atoms with Crippen LogP contribution in [0.5, 0.6) is 0 Å². The summed E-state index contributed by atoms with van der Waals surface area (Å²) in [6.07, 6.45) is -4.40. The van der Waals surface area contributed by atoms with E-state index < -0.39 is 56.4 Å². The molecule has 0 spiro atoms. The molecule has 0 saturated carbocycles. The molecule has 0 bridgehead atoms. The molecule has 12 nitrogen and oxygen atoms in total. The fourth-order valence-electron chi connectivity index (χ4n) is 1.46. The summed E-state index contributed by atoms with van der Waals surface area (Å²) in [7, 11) is 0. The van der Waals surface area contributed by atoms with Gasteiger partial charge in [0.2, 0.25) is 0 Å². The zero-order chi connectivity index (χ0) is 22.6. The van der Waals surface area contributed by atoms with Crippen LogP contribution < -0.4 is 11.1 Å². The van der Waals surface area contributed by atoms with Gasteiger partial charge in [0.15, 0.2) is 0 Å². The van der Waals surface area contributed by atoms with E-state index in [-0.39, 0.29) is 13.2 Å². The summed E-state index contributed by atoms with van der Waals surface area (Å²) in [6.45, 7) is 1.39. The van der Waals surface area contributed by atoms with Crippen LogP contribution >= 0.6 is 0 Å². The van der Waals surface area contributed by atoms with Gasteiger partial charge in [0.1, 0.15) is 18.3 Å². The van der Waals surface area contributed by atoms with Gasteiger partial charge in [-0.25, -0.2) is 0 Å². The lowest BCUT2D eigenvalue weighted by atomic mass is 10.0. The topological polar surface area (TPSA) is 240 Å². The Hall–Kier alpha value is -0.480. The molecular formula is C16H40N2O10. The van der Waals surface area contributed by atoms with Crippen molar-refractivity contribution in [2.75, 3.05) is 52.7 Å². The fourth-order valence-corrected chi connectivity index (χ4v) is 1.46. The quantitative estimate of drug-likeness (QED) is 0.125. The zero-order valence-electron chi connectivity index (χ0n) is 16.4. The summed E-state index contributed by atoms with van der Waals surface area (Å²) in [5.41, 5.74) is 3.94. The lowest BCUT2D eigenvalue weighted by Crippen LogP contribution is -2.50. The minimum Gasteiger partial charge on any atom is -0.395 e. The molecule has 0 saturated heterocycles. The van der Waals surface area contributed by atoms with Crippen molar-refractivity contribution in [2.24, 2.45) is 5.73 Å². The number of hydrogen-bond donors (Lipinski definition) is 12. The van der Waals surface area contributed by atoms with Gasteiger partial charge in [-0.1, -0.05) is 13.3 Å². The molecule has 0 aromatic rings. The van der Waals surface area contributed by atoms with Crippen LogP contribution in [0.3, 0.4) is 0 Å². The Morgan fingerprint density at radius 3 is 1.39 bits per heavy atom. The Morgan fingerprint density at radius 1 is 0.750 bits per heavy atom. The maximum atomic E-state index is 9.25. The van der Waals surface area contributed by atoms with Crippen molar-refractivity contribution in [3.8, 4) is 0 Å². The minimum atomic E-state index is -1.51. The van der Waals surface area contributed by atoms with Crippen LogP contribution in [0.25, 0.3) is 0 Å². The first-order valence-electron chi connectivity index (χ1n) is 9.01. The van der Waals surface area contributed by atoms with E-state index in [1.54, 1.807) is 0 Å². The van der Waals surface area contributed by atoms with E-state index in [9.17, 15) is 10.2 Å². The van der Waals surface area contributed by atoms with Gasteiger partial charge in [0, 0.05) is 13.1 Å². The standard InChI is InChI=1S/C8H18O5.C4H11NO3.C4H11NO2/c1-2-3-5(10)7(12)8(13)6(11)4-9;5-4(1-6,2-7)3-8;6-3-1-5-2-4-7/h5-13H,2-4H2,1H3;6-8H,1-3,5H2;5-7H,1-4H2/t5-,6+,7+,8+;;/m0../s1. The molecule has 0 aliphatic rings. The first kappa shape index (κ1) is 32.2. The summed E-state index contributed by atoms with van der Waals surface area (Å²) < 4.78 is 0. The summed E-state index contributed by atoms with van der Waals surface area (Å²) >= 11 is 0. The highest BCUT2D eigenvalue weighted by atomic mass is 16.4. The van der Waals surface area contributed by atoms with Crippen molar-refractivity contribution < 1.29 is 51.1 Å². The molecule has 0 aromatic heterocycles. The van der Waals surface area contributed by atoms with Crippen LogP contribution in [0.2, 0.25) is 0 Å². The van der Waals surface area contributed by atoms with Crippen molar-refractivity contribution in [1.82, 2.24) is 5.32 Å². The van der Waals surface area contributed by atoms with E-state index in [1.165, 1.54) is 0 Å². The molecule has 0 aromatic carbocycles. The third-order valence-electron chi connectivity index (χ3n) is 3.43. The maximum Gasteiger partial charge on any atom is 0.110 e. The second kappa shape index (κ2) is 21.2. The summed E-state index contributed by atoms with van der Waals surface area (Å²) in [5.74, 6) is 0. The van der Waals surface area contributed by atoms with Gasteiger partial charge in [-0.05, 0) is 6.42 Å². The van der Waals surface area contributed by atoms with Crippen molar-refractivity contribution in [3.05, 3.63) is 0 Å². The van der Waals surface area contributed by atoms with E-state index in [1.807, 2.05) is 6.92 Å². The van der Waals surface area contributed by atoms with Gasteiger partial charge in [-0.2, -0.15) is 0 Å². The Kier molecular flexibility index (Phi) is 24.4. The molecule has 0 radical (unpaired) electrons. The second-order valence-corrected chi connectivity index (χ2v) is 6.12. The van der Waals surface area contributed by atoms with Crippen molar-refractivity contribution in [3.63, 3.8) is 0 Å². The summed E-state index contributed by atoms with van der Waals surface area (Å²) in [5, 5.41) is 89.1. The fraction of sp³-hybridized carbons (Fsp3) is 1.00. The predicted molar refractivity (Wildman–Crippen MR) is 101 cm³/mol. The molecule has 13 N–H and O–H groups in total. The molecule has 4 atom stereocenters. The van der Waals surface area contributed by atoms with Gasteiger partial charge in [0.25, 0.3) is 0 Å². The number of rotatable bonds is 13. The highest BCUT2D eigenvalue weighted by Gasteiger charge is 2.29. The van der Waals surface area contributed by atoms with Gasteiger partial charge < -0.3 is 62.1 Å². The van der Waals surface area contributed by atoms with Crippen LogP contribution in [0.4, 0.5) is 0 Å². The third-order valence-corrected chi connectivity index (χ3v) is 3.43.